The van der Waals surface area contributed by atoms with Gasteiger partial charge in [0.2, 0.25) is 0 Å². The van der Waals surface area contributed by atoms with E-state index in [1.165, 1.54) is 11.0 Å². The first-order chi connectivity index (χ1) is 7.98. The largest absolute Gasteiger partial charge is 0.381 e. The topological polar surface area (TPSA) is 103 Å². The van der Waals surface area contributed by atoms with E-state index in [0.717, 1.165) is 4.31 Å². The maximum absolute atomic E-state index is 11.6. The van der Waals surface area contributed by atoms with Gasteiger partial charge in [-0.1, -0.05) is 0 Å². The summed E-state index contributed by atoms with van der Waals surface area (Å²) in [4.78, 5) is 1.30. The Hall–Kier alpha value is -1.19. The molecule has 2 N–H and O–H groups in total. The monoisotopic (exact) mass is 261 g/mol. The molecule has 8 nitrogen and oxygen atoms in total. The van der Waals surface area contributed by atoms with Crippen LogP contribution in [-0.4, -0.2) is 42.7 Å². The van der Waals surface area contributed by atoms with Gasteiger partial charge in [0.1, 0.15) is 0 Å². The summed E-state index contributed by atoms with van der Waals surface area (Å²) in [5.41, 5.74) is 0. The first kappa shape index (κ1) is 12.3. The highest BCUT2D eigenvalue weighted by Gasteiger charge is 2.31. The van der Waals surface area contributed by atoms with Gasteiger partial charge in [0.15, 0.2) is 5.82 Å². The van der Waals surface area contributed by atoms with E-state index in [0.29, 0.717) is 26.1 Å². The quantitative estimate of drug-likeness (QED) is 0.752. The Morgan fingerprint density at radius 2 is 2.18 bits per heavy atom. The first-order valence-electron chi connectivity index (χ1n) is 5.24. The fraction of sp³-hybridized carbons (Fsp3) is 0.750. The van der Waals surface area contributed by atoms with E-state index in [9.17, 15) is 8.42 Å². The Balaban J connectivity index is 2.31. The van der Waals surface area contributed by atoms with Crippen molar-refractivity contribution in [1.29, 1.82) is 0 Å². The summed E-state index contributed by atoms with van der Waals surface area (Å²) < 4.78 is 29.6. The average Bonchev–Trinajstić information content (AvgIpc) is 2.64. The van der Waals surface area contributed by atoms with Gasteiger partial charge in [-0.15, -0.1) is 5.10 Å². The third-order valence-corrected chi connectivity index (χ3v) is 3.64. The molecular formula is C8H15N5O3S. The molecule has 1 aliphatic rings. The molecule has 0 aliphatic carbocycles. The second-order valence-electron chi connectivity index (χ2n) is 3.88. The molecule has 2 heterocycles. The van der Waals surface area contributed by atoms with E-state index in [1.807, 2.05) is 0 Å². The molecule has 1 aliphatic heterocycles. The summed E-state index contributed by atoms with van der Waals surface area (Å²) in [6, 6.07) is -0.213. The van der Waals surface area contributed by atoms with Crippen molar-refractivity contribution in [3.63, 3.8) is 0 Å². The number of aromatic nitrogens is 3. The van der Waals surface area contributed by atoms with E-state index in [1.54, 1.807) is 7.05 Å². The maximum Gasteiger partial charge on any atom is 0.300 e. The van der Waals surface area contributed by atoms with Crippen LogP contribution in [0.3, 0.4) is 0 Å². The van der Waals surface area contributed by atoms with Crippen molar-refractivity contribution in [3.8, 4) is 0 Å². The van der Waals surface area contributed by atoms with Crippen LogP contribution in [0.15, 0.2) is 6.20 Å². The molecular weight excluding hydrogens is 246 g/mol. The standard InChI is InChI=1S/C8H15N5O3S/c1-12-10-6-8(11-12)13(17(9,14)15)7-2-4-16-5-3-7/h6-7H,2-5H2,1H3,(H2,9,14,15). The van der Waals surface area contributed by atoms with Crippen LogP contribution in [-0.2, 0) is 22.0 Å². The fourth-order valence-electron chi connectivity index (χ4n) is 1.88. The minimum Gasteiger partial charge on any atom is -0.381 e. The average molecular weight is 261 g/mol. The number of ether oxygens (including phenoxy) is 1. The lowest BCUT2D eigenvalue weighted by Crippen LogP contribution is -2.47. The van der Waals surface area contributed by atoms with Gasteiger partial charge >= 0.3 is 10.2 Å². The van der Waals surface area contributed by atoms with E-state index in [-0.39, 0.29) is 11.9 Å². The van der Waals surface area contributed by atoms with Crippen LogP contribution in [0.25, 0.3) is 0 Å². The number of hydrogen-bond donors (Lipinski definition) is 1. The van der Waals surface area contributed by atoms with Crippen molar-refractivity contribution in [1.82, 2.24) is 15.0 Å². The Kier molecular flexibility index (Phi) is 3.31. The van der Waals surface area contributed by atoms with Crippen LogP contribution in [0.1, 0.15) is 12.8 Å². The first-order valence-corrected chi connectivity index (χ1v) is 6.75. The van der Waals surface area contributed by atoms with Crippen LogP contribution in [0.5, 0.6) is 0 Å². The second-order valence-corrected chi connectivity index (χ2v) is 5.30. The lowest BCUT2D eigenvalue weighted by molar-refractivity contribution is 0.0874. The summed E-state index contributed by atoms with van der Waals surface area (Å²) in [5, 5.41) is 13.1. The molecule has 0 bridgehead atoms. The third-order valence-electron chi connectivity index (χ3n) is 2.61. The number of hydrogen-bond acceptors (Lipinski definition) is 5. The van der Waals surface area contributed by atoms with Gasteiger partial charge < -0.3 is 4.74 Å². The van der Waals surface area contributed by atoms with Crippen LogP contribution in [0.4, 0.5) is 5.82 Å². The van der Waals surface area contributed by atoms with Crippen molar-refractivity contribution in [3.05, 3.63) is 6.20 Å². The van der Waals surface area contributed by atoms with Crippen molar-refractivity contribution in [2.75, 3.05) is 17.5 Å². The Morgan fingerprint density at radius 3 is 2.65 bits per heavy atom. The Labute approximate surface area is 99.5 Å². The van der Waals surface area contributed by atoms with Crippen LogP contribution >= 0.6 is 0 Å². The molecule has 1 saturated heterocycles. The normalized spacial score (nSPS) is 18.2. The second kappa shape index (κ2) is 4.59. The summed E-state index contributed by atoms with van der Waals surface area (Å²) >= 11 is 0. The summed E-state index contributed by atoms with van der Waals surface area (Å²) in [5.74, 6) is 0.252. The zero-order valence-electron chi connectivity index (χ0n) is 9.48. The van der Waals surface area contributed by atoms with Gasteiger partial charge in [0, 0.05) is 20.3 Å². The van der Waals surface area contributed by atoms with E-state index in [2.05, 4.69) is 10.2 Å². The lowest BCUT2D eigenvalue weighted by atomic mass is 10.1. The molecule has 2 rings (SSSR count). The molecule has 17 heavy (non-hydrogen) atoms. The smallest absolute Gasteiger partial charge is 0.300 e. The third kappa shape index (κ3) is 2.73. The van der Waals surface area contributed by atoms with Gasteiger partial charge in [-0.2, -0.15) is 18.3 Å². The molecule has 0 radical (unpaired) electrons. The zero-order chi connectivity index (χ0) is 12.5. The molecule has 0 amide bonds. The van der Waals surface area contributed by atoms with Crippen LogP contribution < -0.4 is 9.44 Å². The minimum absolute atomic E-state index is 0.213. The number of rotatable bonds is 3. The van der Waals surface area contributed by atoms with Gasteiger partial charge in [0.05, 0.1) is 12.2 Å². The van der Waals surface area contributed by atoms with Gasteiger partial charge in [0.25, 0.3) is 0 Å². The summed E-state index contributed by atoms with van der Waals surface area (Å²) in [6.07, 6.45) is 2.60. The molecule has 96 valence electrons. The number of nitrogens with zero attached hydrogens (tertiary/aromatic N) is 4. The highest BCUT2D eigenvalue weighted by atomic mass is 32.2. The van der Waals surface area contributed by atoms with Crippen molar-refractivity contribution < 1.29 is 13.2 Å². The van der Waals surface area contributed by atoms with Crippen molar-refractivity contribution >= 4 is 16.0 Å². The molecule has 1 fully saturated rings. The Bertz CT molecular complexity index is 479. The summed E-state index contributed by atoms with van der Waals surface area (Å²) in [6.45, 7) is 1.05. The molecule has 0 unspecified atom stereocenters. The van der Waals surface area contributed by atoms with Crippen LogP contribution in [0, 0.1) is 0 Å². The molecule has 0 aromatic carbocycles. The van der Waals surface area contributed by atoms with Crippen molar-refractivity contribution in [2.24, 2.45) is 12.2 Å². The number of anilines is 1. The maximum atomic E-state index is 11.6. The van der Waals surface area contributed by atoms with Gasteiger partial charge in [-0.25, -0.2) is 9.44 Å². The summed E-state index contributed by atoms with van der Waals surface area (Å²) in [7, 11) is -2.22. The molecule has 0 saturated carbocycles. The minimum atomic E-state index is -3.84. The lowest BCUT2D eigenvalue weighted by Gasteiger charge is -2.31. The molecule has 1 aromatic heterocycles. The number of aryl methyl sites for hydroxylation is 1. The zero-order valence-corrected chi connectivity index (χ0v) is 10.3. The molecule has 0 spiro atoms. The predicted molar refractivity (Wildman–Crippen MR) is 60.4 cm³/mol. The van der Waals surface area contributed by atoms with Gasteiger partial charge in [-0.05, 0) is 12.8 Å². The fourth-order valence-corrected chi connectivity index (χ4v) is 2.85. The highest BCUT2D eigenvalue weighted by Crippen LogP contribution is 2.22. The predicted octanol–water partition coefficient (Wildman–Crippen LogP) is -0.996. The number of nitrogens with two attached hydrogens (primary N) is 1. The van der Waals surface area contributed by atoms with Crippen LogP contribution in [0.2, 0.25) is 0 Å². The molecule has 0 atom stereocenters. The van der Waals surface area contributed by atoms with E-state index < -0.39 is 10.2 Å². The highest BCUT2D eigenvalue weighted by molar-refractivity contribution is 7.90. The molecule has 1 aromatic rings. The SMILES string of the molecule is Cn1ncc(N(C2CCOCC2)S(N)(=O)=O)n1. The Morgan fingerprint density at radius 1 is 1.53 bits per heavy atom. The van der Waals surface area contributed by atoms with E-state index >= 15 is 0 Å². The van der Waals surface area contributed by atoms with Gasteiger partial charge in [-0.3, -0.25) is 0 Å². The molecule has 9 heteroatoms. The van der Waals surface area contributed by atoms with E-state index in [4.69, 9.17) is 9.88 Å². The van der Waals surface area contributed by atoms with Crippen molar-refractivity contribution in [2.45, 2.75) is 18.9 Å².